The number of ether oxygens (including phenoxy) is 3. The Hall–Kier alpha value is -0.650. The lowest BCUT2D eigenvalue weighted by Gasteiger charge is -2.03. The second kappa shape index (κ2) is 18.4. The molecule has 1 N–H and O–H groups in total. The molecule has 122 valence electrons. The van der Waals surface area contributed by atoms with E-state index in [2.05, 4.69) is 13.8 Å². The molecule has 0 bridgehead atoms. The molecule has 1 atom stereocenters. The highest BCUT2D eigenvalue weighted by atomic mass is 16.5. The molecule has 0 spiro atoms. The number of rotatable bonds is 11. The average molecular weight is 292 g/mol. The third-order valence-corrected chi connectivity index (χ3v) is 2.27. The number of unbranched alkanes of at least 4 members (excludes halogenated alkanes) is 2. The first kappa shape index (κ1) is 21.6. The molecule has 5 nitrogen and oxygen atoms in total. The number of carbonyl (C=O) groups excluding carboxylic acids is 1. The van der Waals surface area contributed by atoms with Crippen LogP contribution in [0.4, 0.5) is 0 Å². The fraction of sp³-hybridized carbons (Fsp3) is 0.933. The number of hydrogen-bond acceptors (Lipinski definition) is 5. The van der Waals surface area contributed by atoms with Gasteiger partial charge in [-0.15, -0.1) is 0 Å². The maximum Gasteiger partial charge on any atom is 0.308 e. The van der Waals surface area contributed by atoms with Crippen molar-refractivity contribution in [3.05, 3.63) is 0 Å². The van der Waals surface area contributed by atoms with E-state index in [1.807, 2.05) is 0 Å². The largest absolute Gasteiger partial charge is 0.466 e. The van der Waals surface area contributed by atoms with E-state index in [9.17, 15) is 4.79 Å². The Bertz CT molecular complexity index is 195. The van der Waals surface area contributed by atoms with Crippen LogP contribution >= 0.6 is 0 Å². The third kappa shape index (κ3) is 22.5. The Kier molecular flexibility index (Phi) is 19.9. The SMILES string of the molecule is CCCCOC(=O)CCOC.CCCCOCC(C)O. The standard InChI is InChI=1S/C8H16O3.C7H16O2/c1-3-4-6-11-8(9)5-7-10-2;1-3-4-5-9-6-7(2)8/h3-7H2,1-2H3;7-8H,3-6H2,1-2H3. The molecule has 20 heavy (non-hydrogen) atoms. The summed E-state index contributed by atoms with van der Waals surface area (Å²) < 4.78 is 14.7. The number of aliphatic hydroxyl groups is 1. The van der Waals surface area contributed by atoms with Gasteiger partial charge in [-0.1, -0.05) is 26.7 Å². The summed E-state index contributed by atoms with van der Waals surface area (Å²) >= 11 is 0. The first-order valence-electron chi connectivity index (χ1n) is 7.48. The second-order valence-electron chi connectivity index (χ2n) is 4.59. The van der Waals surface area contributed by atoms with Crippen LogP contribution in [0, 0.1) is 0 Å². The molecule has 0 aliphatic rings. The van der Waals surface area contributed by atoms with Crippen molar-refractivity contribution in [1.82, 2.24) is 0 Å². The number of hydrogen-bond donors (Lipinski definition) is 1. The van der Waals surface area contributed by atoms with Gasteiger partial charge in [0.05, 0.1) is 32.3 Å². The van der Waals surface area contributed by atoms with Gasteiger partial charge in [0.1, 0.15) is 0 Å². The van der Waals surface area contributed by atoms with E-state index in [0.717, 1.165) is 32.3 Å². The van der Waals surface area contributed by atoms with Crippen molar-refractivity contribution in [3.63, 3.8) is 0 Å². The fourth-order valence-electron chi connectivity index (χ4n) is 1.09. The highest BCUT2D eigenvalue weighted by Gasteiger charge is 2.00. The molecule has 0 fully saturated rings. The summed E-state index contributed by atoms with van der Waals surface area (Å²) in [5, 5.41) is 8.73. The van der Waals surface area contributed by atoms with E-state index in [4.69, 9.17) is 19.3 Å². The molecular weight excluding hydrogens is 260 g/mol. The zero-order valence-electron chi connectivity index (χ0n) is 13.5. The van der Waals surface area contributed by atoms with E-state index in [-0.39, 0.29) is 12.1 Å². The lowest BCUT2D eigenvalue weighted by molar-refractivity contribution is -0.144. The van der Waals surface area contributed by atoms with Gasteiger partial charge in [-0.05, 0) is 19.8 Å². The van der Waals surface area contributed by atoms with Crippen LogP contribution in [-0.2, 0) is 19.0 Å². The van der Waals surface area contributed by atoms with Crippen molar-refractivity contribution in [1.29, 1.82) is 0 Å². The van der Waals surface area contributed by atoms with Crippen molar-refractivity contribution >= 4 is 5.97 Å². The quantitative estimate of drug-likeness (QED) is 0.468. The smallest absolute Gasteiger partial charge is 0.308 e. The highest BCUT2D eigenvalue weighted by molar-refractivity contribution is 5.69. The fourth-order valence-corrected chi connectivity index (χ4v) is 1.09. The minimum absolute atomic E-state index is 0.166. The van der Waals surface area contributed by atoms with E-state index < -0.39 is 0 Å². The molecule has 0 rings (SSSR count). The Balaban J connectivity index is 0. The van der Waals surface area contributed by atoms with Crippen LogP contribution in [0.5, 0.6) is 0 Å². The summed E-state index contributed by atoms with van der Waals surface area (Å²) in [6.45, 7) is 8.14. The maximum absolute atomic E-state index is 10.8. The number of esters is 1. The molecule has 0 saturated carbocycles. The molecule has 0 radical (unpaired) electrons. The van der Waals surface area contributed by atoms with E-state index >= 15 is 0 Å². The first-order valence-corrected chi connectivity index (χ1v) is 7.48. The molecule has 0 aromatic rings. The van der Waals surface area contributed by atoms with Gasteiger partial charge in [0.25, 0.3) is 0 Å². The molecule has 0 aromatic carbocycles. The van der Waals surface area contributed by atoms with Crippen LogP contribution in [-0.4, -0.2) is 50.7 Å². The number of carbonyl (C=O) groups is 1. The van der Waals surface area contributed by atoms with Crippen molar-refractivity contribution in [2.75, 3.05) is 33.5 Å². The molecule has 0 aromatic heterocycles. The number of aliphatic hydroxyl groups excluding tert-OH is 1. The summed E-state index contributed by atoms with van der Waals surface area (Å²) in [4.78, 5) is 10.8. The minimum Gasteiger partial charge on any atom is -0.466 e. The van der Waals surface area contributed by atoms with Gasteiger partial charge >= 0.3 is 5.97 Å². The zero-order chi connectivity index (χ0) is 15.6. The molecule has 1 unspecified atom stereocenters. The zero-order valence-corrected chi connectivity index (χ0v) is 13.5. The third-order valence-electron chi connectivity index (χ3n) is 2.27. The molecule has 0 aliphatic heterocycles. The van der Waals surface area contributed by atoms with Gasteiger partial charge < -0.3 is 19.3 Å². The van der Waals surface area contributed by atoms with Gasteiger partial charge in [0.15, 0.2) is 0 Å². The summed E-state index contributed by atoms with van der Waals surface area (Å²) in [6, 6.07) is 0. The molecule has 5 heteroatoms. The molecule has 0 amide bonds. The van der Waals surface area contributed by atoms with Crippen LogP contribution in [0.2, 0.25) is 0 Å². The van der Waals surface area contributed by atoms with E-state index in [1.54, 1.807) is 14.0 Å². The van der Waals surface area contributed by atoms with Crippen molar-refractivity contribution in [2.45, 2.75) is 59.0 Å². The first-order chi connectivity index (χ1) is 9.58. The predicted octanol–water partition coefficient (Wildman–Crippen LogP) is 2.55. The van der Waals surface area contributed by atoms with Crippen LogP contribution in [0.25, 0.3) is 0 Å². The van der Waals surface area contributed by atoms with Crippen LogP contribution < -0.4 is 0 Å². The van der Waals surface area contributed by atoms with Gasteiger partial charge in [-0.2, -0.15) is 0 Å². The second-order valence-corrected chi connectivity index (χ2v) is 4.59. The summed E-state index contributed by atoms with van der Waals surface area (Å²) in [7, 11) is 1.57. The van der Waals surface area contributed by atoms with Crippen LogP contribution in [0.3, 0.4) is 0 Å². The summed E-state index contributed by atoms with van der Waals surface area (Å²) in [5.41, 5.74) is 0. The molecule has 0 aliphatic carbocycles. The topological polar surface area (TPSA) is 65.0 Å². The average Bonchev–Trinajstić information content (AvgIpc) is 2.42. The minimum atomic E-state index is -0.318. The van der Waals surface area contributed by atoms with Crippen LogP contribution in [0.15, 0.2) is 0 Å². The molecule has 0 heterocycles. The summed E-state index contributed by atoms with van der Waals surface area (Å²) in [5.74, 6) is -0.166. The molecule has 0 saturated heterocycles. The Labute approximate surface area is 123 Å². The van der Waals surface area contributed by atoms with Gasteiger partial charge in [0.2, 0.25) is 0 Å². The van der Waals surface area contributed by atoms with Crippen molar-refractivity contribution in [3.8, 4) is 0 Å². The van der Waals surface area contributed by atoms with E-state index in [1.165, 1.54) is 0 Å². The summed E-state index contributed by atoms with van der Waals surface area (Å²) in [6.07, 6.45) is 4.28. The monoisotopic (exact) mass is 292 g/mol. The Morgan fingerprint density at radius 3 is 2.20 bits per heavy atom. The van der Waals surface area contributed by atoms with Gasteiger partial charge in [-0.3, -0.25) is 4.79 Å². The molecular formula is C15H32O5. The van der Waals surface area contributed by atoms with Gasteiger partial charge in [-0.25, -0.2) is 0 Å². The highest BCUT2D eigenvalue weighted by Crippen LogP contribution is 1.91. The lowest BCUT2D eigenvalue weighted by atomic mass is 10.4. The normalized spacial score (nSPS) is 11.4. The maximum atomic E-state index is 10.8. The van der Waals surface area contributed by atoms with Crippen molar-refractivity contribution in [2.24, 2.45) is 0 Å². The Morgan fingerprint density at radius 2 is 1.70 bits per heavy atom. The lowest BCUT2D eigenvalue weighted by Crippen LogP contribution is -2.10. The Morgan fingerprint density at radius 1 is 1.10 bits per heavy atom. The van der Waals surface area contributed by atoms with Gasteiger partial charge in [0, 0.05) is 13.7 Å². The predicted molar refractivity (Wildman–Crippen MR) is 79.8 cm³/mol. The number of methoxy groups -OCH3 is 1. The van der Waals surface area contributed by atoms with Crippen LogP contribution in [0.1, 0.15) is 52.9 Å². The van der Waals surface area contributed by atoms with Crippen molar-refractivity contribution < 1.29 is 24.1 Å². The van der Waals surface area contributed by atoms with E-state index in [0.29, 0.717) is 26.2 Å².